The molecule has 1 aromatic carbocycles. The van der Waals surface area contributed by atoms with Crippen molar-refractivity contribution in [3.05, 3.63) is 59.7 Å². The summed E-state index contributed by atoms with van der Waals surface area (Å²) in [4.78, 5) is 11.7. The molecule has 28 heavy (non-hydrogen) atoms. The van der Waals surface area contributed by atoms with Crippen LogP contribution in [0.15, 0.2) is 42.7 Å². The fourth-order valence-electron chi connectivity index (χ4n) is 3.71. The van der Waals surface area contributed by atoms with Gasteiger partial charge in [-0.25, -0.2) is 9.97 Å². The summed E-state index contributed by atoms with van der Waals surface area (Å²) >= 11 is 0. The number of anilines is 2. The predicted molar refractivity (Wildman–Crippen MR) is 106 cm³/mol. The summed E-state index contributed by atoms with van der Waals surface area (Å²) in [5.41, 5.74) is 4.54. The molecule has 0 aliphatic carbocycles. The molecule has 2 aromatic heterocycles. The SMILES string of the molecule is Cn1cccc1CN1CCc2nc(Nc3ccc4c(c3)OCCO4)ncc2C1. The zero-order chi connectivity index (χ0) is 18.9. The second-order valence-corrected chi connectivity index (χ2v) is 7.22. The van der Waals surface area contributed by atoms with E-state index in [2.05, 4.69) is 45.1 Å². The third-order valence-electron chi connectivity index (χ3n) is 5.25. The van der Waals surface area contributed by atoms with Gasteiger partial charge in [0.05, 0.1) is 5.69 Å². The van der Waals surface area contributed by atoms with Crippen molar-refractivity contribution < 1.29 is 9.47 Å². The first-order valence-electron chi connectivity index (χ1n) is 9.59. The Morgan fingerprint density at radius 1 is 1.14 bits per heavy atom. The minimum Gasteiger partial charge on any atom is -0.486 e. The summed E-state index contributed by atoms with van der Waals surface area (Å²) < 4.78 is 13.4. The first kappa shape index (κ1) is 17.1. The van der Waals surface area contributed by atoms with E-state index in [9.17, 15) is 0 Å². The average molecular weight is 377 g/mol. The van der Waals surface area contributed by atoms with Crippen LogP contribution in [0.4, 0.5) is 11.6 Å². The van der Waals surface area contributed by atoms with Crippen molar-refractivity contribution in [2.24, 2.45) is 7.05 Å². The highest BCUT2D eigenvalue weighted by Gasteiger charge is 2.19. The summed E-state index contributed by atoms with van der Waals surface area (Å²) in [5.74, 6) is 2.15. The smallest absolute Gasteiger partial charge is 0.227 e. The minimum absolute atomic E-state index is 0.574. The van der Waals surface area contributed by atoms with E-state index in [4.69, 9.17) is 14.5 Å². The van der Waals surface area contributed by atoms with Crippen molar-refractivity contribution in [3.8, 4) is 11.5 Å². The zero-order valence-electron chi connectivity index (χ0n) is 15.9. The Bertz CT molecular complexity index is 1000. The number of aryl methyl sites for hydroxylation is 1. The van der Waals surface area contributed by atoms with Crippen molar-refractivity contribution in [1.29, 1.82) is 0 Å². The first-order valence-corrected chi connectivity index (χ1v) is 9.59. The Labute approximate surface area is 163 Å². The molecular formula is C21H23N5O2. The Hall–Kier alpha value is -3.06. The molecule has 7 heteroatoms. The Kier molecular flexibility index (Phi) is 4.37. The number of hydrogen-bond acceptors (Lipinski definition) is 6. The van der Waals surface area contributed by atoms with Crippen LogP contribution in [0.5, 0.6) is 11.5 Å². The van der Waals surface area contributed by atoms with E-state index in [1.807, 2.05) is 24.4 Å². The van der Waals surface area contributed by atoms with Gasteiger partial charge in [0.2, 0.25) is 5.95 Å². The van der Waals surface area contributed by atoms with Crippen LogP contribution in [0.1, 0.15) is 17.0 Å². The van der Waals surface area contributed by atoms with Crippen LogP contribution in [-0.4, -0.2) is 39.2 Å². The lowest BCUT2D eigenvalue weighted by Crippen LogP contribution is -2.31. The third kappa shape index (κ3) is 3.41. The van der Waals surface area contributed by atoms with E-state index in [0.717, 1.165) is 48.9 Å². The number of benzene rings is 1. The van der Waals surface area contributed by atoms with Gasteiger partial charge in [0.15, 0.2) is 11.5 Å². The number of nitrogens with zero attached hydrogens (tertiary/aromatic N) is 4. The second-order valence-electron chi connectivity index (χ2n) is 7.22. The van der Waals surface area contributed by atoms with Gasteiger partial charge in [0, 0.05) is 68.5 Å². The first-order chi connectivity index (χ1) is 13.7. The van der Waals surface area contributed by atoms with Crippen LogP contribution >= 0.6 is 0 Å². The monoisotopic (exact) mass is 377 g/mol. The van der Waals surface area contributed by atoms with Crippen LogP contribution in [0.3, 0.4) is 0 Å². The Morgan fingerprint density at radius 2 is 2.04 bits per heavy atom. The molecule has 0 saturated carbocycles. The highest BCUT2D eigenvalue weighted by molar-refractivity contribution is 5.60. The summed E-state index contributed by atoms with van der Waals surface area (Å²) in [6.07, 6.45) is 4.96. The Balaban J connectivity index is 1.28. The maximum absolute atomic E-state index is 5.64. The summed E-state index contributed by atoms with van der Waals surface area (Å²) in [6, 6.07) is 10.1. The van der Waals surface area contributed by atoms with Crippen LogP contribution in [-0.2, 0) is 26.6 Å². The molecule has 144 valence electrons. The topological polar surface area (TPSA) is 64.4 Å². The number of ether oxygens (including phenoxy) is 2. The quantitative estimate of drug-likeness (QED) is 0.754. The molecule has 2 aliphatic heterocycles. The van der Waals surface area contributed by atoms with Gasteiger partial charge in [0.25, 0.3) is 0 Å². The van der Waals surface area contributed by atoms with Crippen molar-refractivity contribution in [3.63, 3.8) is 0 Å². The van der Waals surface area contributed by atoms with Crippen molar-refractivity contribution in [1.82, 2.24) is 19.4 Å². The Morgan fingerprint density at radius 3 is 2.89 bits per heavy atom. The second kappa shape index (κ2) is 7.16. The molecule has 0 radical (unpaired) electrons. The molecule has 0 spiro atoms. The standard InChI is InChI=1S/C21H23N5O2/c1-25-7-2-3-17(25)14-26-8-6-18-15(13-26)12-22-21(24-18)23-16-4-5-19-20(11-16)28-10-9-27-19/h2-5,7,11-12H,6,8-10,13-14H2,1H3,(H,22,23,24). The highest BCUT2D eigenvalue weighted by atomic mass is 16.6. The molecule has 7 nitrogen and oxygen atoms in total. The maximum Gasteiger partial charge on any atom is 0.227 e. The van der Waals surface area contributed by atoms with Crippen LogP contribution in [0, 0.1) is 0 Å². The molecule has 5 rings (SSSR count). The van der Waals surface area contributed by atoms with Crippen molar-refractivity contribution in [2.45, 2.75) is 19.5 Å². The predicted octanol–water partition coefficient (Wildman–Crippen LogP) is 2.89. The summed E-state index contributed by atoms with van der Waals surface area (Å²) in [6.45, 7) is 3.99. The van der Waals surface area contributed by atoms with Gasteiger partial charge in [0.1, 0.15) is 13.2 Å². The fourth-order valence-corrected chi connectivity index (χ4v) is 3.71. The molecule has 0 saturated heterocycles. The molecule has 0 amide bonds. The molecule has 4 heterocycles. The molecule has 0 bridgehead atoms. The zero-order valence-corrected chi connectivity index (χ0v) is 15.9. The van der Waals surface area contributed by atoms with E-state index >= 15 is 0 Å². The lowest BCUT2D eigenvalue weighted by molar-refractivity contribution is 0.171. The minimum atomic E-state index is 0.574. The molecule has 2 aliphatic rings. The molecular weight excluding hydrogens is 354 g/mol. The normalized spacial score (nSPS) is 15.9. The van der Waals surface area contributed by atoms with Crippen molar-refractivity contribution >= 4 is 11.6 Å². The number of fused-ring (bicyclic) bond motifs is 2. The van der Waals surface area contributed by atoms with Gasteiger partial charge in [-0.15, -0.1) is 0 Å². The summed E-state index contributed by atoms with van der Waals surface area (Å²) in [5, 5.41) is 3.28. The van der Waals surface area contributed by atoms with Gasteiger partial charge in [-0.1, -0.05) is 0 Å². The summed E-state index contributed by atoms with van der Waals surface area (Å²) in [7, 11) is 2.09. The van der Waals surface area contributed by atoms with E-state index in [0.29, 0.717) is 19.2 Å². The molecule has 0 atom stereocenters. The number of aromatic nitrogens is 3. The lowest BCUT2D eigenvalue weighted by atomic mass is 10.1. The average Bonchev–Trinajstić information content (AvgIpc) is 3.12. The maximum atomic E-state index is 5.64. The van der Waals surface area contributed by atoms with Crippen molar-refractivity contribution in [2.75, 3.05) is 25.1 Å². The van der Waals surface area contributed by atoms with E-state index < -0.39 is 0 Å². The highest BCUT2D eigenvalue weighted by Crippen LogP contribution is 2.33. The number of hydrogen-bond donors (Lipinski definition) is 1. The van der Waals surface area contributed by atoms with E-state index in [1.165, 1.54) is 11.3 Å². The van der Waals surface area contributed by atoms with Gasteiger partial charge < -0.3 is 19.4 Å². The fraction of sp³-hybridized carbons (Fsp3) is 0.333. The van der Waals surface area contributed by atoms with Gasteiger partial charge in [-0.3, -0.25) is 4.90 Å². The van der Waals surface area contributed by atoms with Crippen LogP contribution in [0.2, 0.25) is 0 Å². The number of rotatable bonds is 4. The van der Waals surface area contributed by atoms with E-state index in [1.54, 1.807) is 0 Å². The third-order valence-corrected chi connectivity index (χ3v) is 5.25. The number of nitrogens with one attached hydrogen (secondary N) is 1. The van der Waals surface area contributed by atoms with Gasteiger partial charge in [-0.2, -0.15) is 0 Å². The largest absolute Gasteiger partial charge is 0.486 e. The molecule has 3 aromatic rings. The van der Waals surface area contributed by atoms with Crippen LogP contribution in [0.25, 0.3) is 0 Å². The van der Waals surface area contributed by atoms with Gasteiger partial charge in [-0.05, 0) is 24.3 Å². The van der Waals surface area contributed by atoms with Gasteiger partial charge >= 0.3 is 0 Å². The van der Waals surface area contributed by atoms with Crippen LogP contribution < -0.4 is 14.8 Å². The lowest BCUT2D eigenvalue weighted by Gasteiger charge is -2.28. The molecule has 0 fully saturated rings. The van der Waals surface area contributed by atoms with E-state index in [-0.39, 0.29) is 0 Å². The molecule has 0 unspecified atom stereocenters. The molecule has 1 N–H and O–H groups in total.